The van der Waals surface area contributed by atoms with Gasteiger partial charge in [0.05, 0.1) is 6.04 Å². The van der Waals surface area contributed by atoms with Gasteiger partial charge in [-0.05, 0) is 68.2 Å². The van der Waals surface area contributed by atoms with Crippen LogP contribution in [0.2, 0.25) is 0 Å². The molecule has 0 radical (unpaired) electrons. The summed E-state index contributed by atoms with van der Waals surface area (Å²) in [5.41, 5.74) is 6.86. The molecule has 2 aromatic carbocycles. The molecule has 2 aliphatic rings. The minimum atomic E-state index is 0.393. The molecule has 4 heteroatoms. The number of rotatable bonds is 1. The maximum Gasteiger partial charge on any atom is 0.174 e. The van der Waals surface area contributed by atoms with Gasteiger partial charge in [-0.2, -0.15) is 0 Å². The molecule has 1 N–H and O–H groups in total. The van der Waals surface area contributed by atoms with Gasteiger partial charge in [-0.15, -0.1) is 0 Å². The molecule has 0 saturated heterocycles. The Balaban J connectivity index is 1.54. The molecule has 132 valence electrons. The third-order valence-corrected chi connectivity index (χ3v) is 6.15. The Bertz CT molecular complexity index is 990. The predicted molar refractivity (Wildman–Crippen MR) is 112 cm³/mol. The van der Waals surface area contributed by atoms with E-state index in [2.05, 4.69) is 52.0 Å². The van der Waals surface area contributed by atoms with E-state index in [-0.39, 0.29) is 0 Å². The number of anilines is 1. The summed E-state index contributed by atoms with van der Waals surface area (Å²) in [6, 6.07) is 17.6. The smallest absolute Gasteiger partial charge is 0.174 e. The van der Waals surface area contributed by atoms with Crippen LogP contribution in [0.4, 0.5) is 5.69 Å². The number of aromatic nitrogens is 1. The van der Waals surface area contributed by atoms with Gasteiger partial charge in [0.15, 0.2) is 5.11 Å². The van der Waals surface area contributed by atoms with Crippen LogP contribution in [0.3, 0.4) is 0 Å². The van der Waals surface area contributed by atoms with Crippen molar-refractivity contribution in [3.63, 3.8) is 0 Å². The molecule has 1 aromatic heterocycles. The molecule has 0 saturated carbocycles. The number of benzene rings is 2. The van der Waals surface area contributed by atoms with Gasteiger partial charge in [0, 0.05) is 35.4 Å². The van der Waals surface area contributed by atoms with Crippen LogP contribution in [0.25, 0.3) is 10.9 Å². The summed E-state index contributed by atoms with van der Waals surface area (Å²) in [7, 11) is 0. The van der Waals surface area contributed by atoms with Gasteiger partial charge in [0.2, 0.25) is 0 Å². The fourth-order valence-corrected chi connectivity index (χ4v) is 5.01. The fourth-order valence-electron chi connectivity index (χ4n) is 4.68. The third kappa shape index (κ3) is 2.43. The summed E-state index contributed by atoms with van der Waals surface area (Å²) in [5.74, 6) is 0. The Hall–Kier alpha value is -2.33. The van der Waals surface area contributed by atoms with Crippen LogP contribution < -0.4 is 5.32 Å². The summed E-state index contributed by atoms with van der Waals surface area (Å²) >= 11 is 5.80. The quantitative estimate of drug-likeness (QED) is 0.613. The van der Waals surface area contributed by atoms with Crippen LogP contribution in [-0.4, -0.2) is 21.1 Å². The molecule has 26 heavy (non-hydrogen) atoms. The van der Waals surface area contributed by atoms with Crippen molar-refractivity contribution >= 4 is 33.9 Å². The molecule has 3 nitrogen and oxygen atoms in total. The number of fused-ring (bicyclic) bond motifs is 3. The van der Waals surface area contributed by atoms with Crippen LogP contribution in [-0.2, 0) is 13.0 Å². The summed E-state index contributed by atoms with van der Waals surface area (Å²) in [6.45, 7) is 4.16. The lowest BCUT2D eigenvalue weighted by molar-refractivity contribution is 0.235. The molecule has 5 rings (SSSR count). The maximum absolute atomic E-state index is 5.80. The van der Waals surface area contributed by atoms with Crippen LogP contribution >= 0.6 is 12.2 Å². The first-order chi connectivity index (χ1) is 12.7. The summed E-state index contributed by atoms with van der Waals surface area (Å²) in [6.07, 6.45) is 3.60. The van der Waals surface area contributed by atoms with E-state index in [0.717, 1.165) is 23.9 Å². The highest BCUT2D eigenvalue weighted by molar-refractivity contribution is 7.80. The van der Waals surface area contributed by atoms with E-state index in [1.807, 2.05) is 18.2 Å². The number of hydrogen-bond donors (Lipinski definition) is 1. The molecule has 0 unspecified atom stereocenters. The summed E-state index contributed by atoms with van der Waals surface area (Å²) in [4.78, 5) is 2.41. The van der Waals surface area contributed by atoms with Crippen molar-refractivity contribution in [3.05, 3.63) is 65.4 Å². The molecule has 3 aromatic rings. The number of para-hydroxylation sites is 1. The second kappa shape index (κ2) is 6.13. The van der Waals surface area contributed by atoms with Crippen LogP contribution in [0.5, 0.6) is 0 Å². The van der Waals surface area contributed by atoms with Crippen molar-refractivity contribution in [2.24, 2.45) is 0 Å². The van der Waals surface area contributed by atoms with E-state index >= 15 is 0 Å². The van der Waals surface area contributed by atoms with Crippen molar-refractivity contribution in [1.82, 2.24) is 9.47 Å². The maximum atomic E-state index is 5.80. The van der Waals surface area contributed by atoms with Crippen molar-refractivity contribution in [2.75, 3.05) is 11.9 Å². The molecule has 2 heterocycles. The van der Waals surface area contributed by atoms with Crippen LogP contribution in [0, 0.1) is 6.92 Å². The molecular weight excluding hydrogens is 338 g/mol. The molecular formula is C22H23N3S. The Morgan fingerprint density at radius 1 is 1.12 bits per heavy atom. The van der Waals surface area contributed by atoms with Gasteiger partial charge in [0.25, 0.3) is 0 Å². The Morgan fingerprint density at radius 3 is 2.81 bits per heavy atom. The lowest BCUT2D eigenvalue weighted by atomic mass is 9.89. The Kier molecular flexibility index (Phi) is 3.75. The summed E-state index contributed by atoms with van der Waals surface area (Å²) in [5, 5.41) is 5.74. The van der Waals surface area contributed by atoms with Gasteiger partial charge in [-0.1, -0.05) is 29.8 Å². The van der Waals surface area contributed by atoms with Gasteiger partial charge < -0.3 is 14.8 Å². The van der Waals surface area contributed by atoms with Crippen LogP contribution in [0.1, 0.15) is 35.7 Å². The summed E-state index contributed by atoms with van der Waals surface area (Å²) < 4.78 is 2.55. The Morgan fingerprint density at radius 2 is 1.96 bits per heavy atom. The average molecular weight is 362 g/mol. The zero-order valence-corrected chi connectivity index (χ0v) is 15.9. The first-order valence-corrected chi connectivity index (χ1v) is 9.87. The number of aryl methyl sites for hydroxylation is 2. The number of nitrogens with one attached hydrogen (secondary N) is 1. The minimum absolute atomic E-state index is 0.393. The minimum Gasteiger partial charge on any atom is -0.341 e. The molecule has 1 atom stereocenters. The topological polar surface area (TPSA) is 20.2 Å². The second-order valence-corrected chi connectivity index (χ2v) is 7.82. The highest BCUT2D eigenvalue weighted by Crippen LogP contribution is 2.42. The van der Waals surface area contributed by atoms with Gasteiger partial charge in [-0.25, -0.2) is 0 Å². The average Bonchev–Trinajstić information content (AvgIpc) is 2.98. The fraction of sp³-hybridized carbons (Fsp3) is 0.318. The first-order valence-electron chi connectivity index (χ1n) is 9.46. The zero-order chi connectivity index (χ0) is 17.7. The molecule has 0 fully saturated rings. The lowest BCUT2D eigenvalue weighted by Gasteiger charge is -2.41. The molecule has 1 aliphatic heterocycles. The normalized spacial score (nSPS) is 18.7. The Labute approximate surface area is 159 Å². The van der Waals surface area contributed by atoms with Crippen molar-refractivity contribution in [1.29, 1.82) is 0 Å². The number of nitrogens with zero attached hydrogens (tertiary/aromatic N) is 2. The predicted octanol–water partition coefficient (Wildman–Crippen LogP) is 5.04. The standard InChI is InChI=1S/C22H23N3S/c1-15-10-11-19-18(14-15)17-8-5-9-20-21(17)24(19)12-13-25(20)22(26)23-16-6-3-2-4-7-16/h2-4,6-7,10-11,14,20H,5,8-9,12-13H2,1H3,(H,23,26)/t20-/m0/s1. The van der Waals surface area contributed by atoms with E-state index in [0.29, 0.717) is 6.04 Å². The van der Waals surface area contributed by atoms with E-state index < -0.39 is 0 Å². The van der Waals surface area contributed by atoms with Gasteiger partial charge in [-0.3, -0.25) is 0 Å². The van der Waals surface area contributed by atoms with E-state index in [1.54, 1.807) is 5.56 Å². The van der Waals surface area contributed by atoms with Crippen molar-refractivity contribution in [2.45, 2.75) is 38.8 Å². The molecule has 0 spiro atoms. The molecule has 0 bridgehead atoms. The third-order valence-electron chi connectivity index (χ3n) is 5.81. The van der Waals surface area contributed by atoms with Gasteiger partial charge in [0.1, 0.15) is 0 Å². The second-order valence-electron chi connectivity index (χ2n) is 7.43. The van der Waals surface area contributed by atoms with Crippen molar-refractivity contribution < 1.29 is 0 Å². The van der Waals surface area contributed by atoms with E-state index in [4.69, 9.17) is 12.2 Å². The number of thiocarbonyl (C=S) groups is 1. The zero-order valence-electron chi connectivity index (χ0n) is 15.0. The first kappa shape index (κ1) is 15.9. The largest absolute Gasteiger partial charge is 0.341 e. The SMILES string of the molecule is Cc1ccc2c(c1)c1c3n2CCN(C(=S)Nc2ccccc2)[C@H]3CCC1. The lowest BCUT2D eigenvalue weighted by Crippen LogP contribution is -2.45. The monoisotopic (exact) mass is 361 g/mol. The van der Waals surface area contributed by atoms with Crippen molar-refractivity contribution in [3.8, 4) is 0 Å². The highest BCUT2D eigenvalue weighted by atomic mass is 32.1. The highest BCUT2D eigenvalue weighted by Gasteiger charge is 2.35. The molecule has 1 aliphatic carbocycles. The van der Waals surface area contributed by atoms with E-state index in [1.165, 1.54) is 41.4 Å². The van der Waals surface area contributed by atoms with Crippen LogP contribution in [0.15, 0.2) is 48.5 Å². The van der Waals surface area contributed by atoms with Gasteiger partial charge >= 0.3 is 0 Å². The number of hydrogen-bond acceptors (Lipinski definition) is 1. The molecule has 0 amide bonds. The van der Waals surface area contributed by atoms with E-state index in [9.17, 15) is 0 Å².